The van der Waals surface area contributed by atoms with Crippen molar-refractivity contribution in [3.8, 4) is 0 Å². The fraction of sp³-hybridized carbons (Fsp3) is 0.946. The normalized spacial score (nSPS) is 44.1. The summed E-state index contributed by atoms with van der Waals surface area (Å²) in [6.07, 6.45) is -0.861. The van der Waals surface area contributed by atoms with E-state index in [4.69, 9.17) is 14.2 Å². The van der Waals surface area contributed by atoms with Crippen LogP contribution in [-0.4, -0.2) is 95.7 Å². The van der Waals surface area contributed by atoms with Crippen molar-refractivity contribution in [2.24, 2.45) is 47.3 Å². The van der Waals surface area contributed by atoms with E-state index in [0.717, 1.165) is 6.42 Å². The lowest BCUT2D eigenvalue weighted by Gasteiger charge is -2.52. The molecule has 11 heteroatoms. The summed E-state index contributed by atoms with van der Waals surface area (Å²) in [5.41, 5.74) is -2.05. The van der Waals surface area contributed by atoms with Crippen molar-refractivity contribution in [1.29, 1.82) is 0 Å². The molecule has 0 aromatic carbocycles. The van der Waals surface area contributed by atoms with Crippen molar-refractivity contribution in [1.82, 2.24) is 0 Å². The van der Waals surface area contributed by atoms with E-state index < -0.39 is 94.8 Å². The molecule has 0 aliphatic carbocycles. The minimum Gasteiger partial charge on any atom is -0.481 e. The maximum atomic E-state index is 14.2. The van der Waals surface area contributed by atoms with Gasteiger partial charge in [-0.3, -0.25) is 9.59 Å². The molecule has 11 nitrogen and oxygen atoms in total. The van der Waals surface area contributed by atoms with Crippen LogP contribution in [0, 0.1) is 47.3 Å². The Morgan fingerprint density at radius 3 is 2.04 bits per heavy atom. The number of Topliss-reactive ketones (excluding diaryl/α,β-unsaturated/α-hetero) is 1. The van der Waals surface area contributed by atoms with E-state index in [-0.39, 0.29) is 17.6 Å². The number of aliphatic hydroxyl groups is 5. The molecule has 3 rings (SSSR count). The summed E-state index contributed by atoms with van der Waals surface area (Å²) >= 11 is 0. The number of rotatable bonds is 15. The van der Waals surface area contributed by atoms with Gasteiger partial charge in [-0.1, -0.05) is 68.7 Å². The Morgan fingerprint density at radius 1 is 0.938 bits per heavy atom. The van der Waals surface area contributed by atoms with Crippen molar-refractivity contribution in [3.63, 3.8) is 0 Å². The summed E-state index contributed by atoms with van der Waals surface area (Å²) in [7, 11) is 0. The zero-order valence-electron chi connectivity index (χ0n) is 31.2. The second-order valence-electron chi connectivity index (χ2n) is 15.9. The molecular weight excluding hydrogens is 620 g/mol. The average molecular weight is 687 g/mol. The van der Waals surface area contributed by atoms with Crippen molar-refractivity contribution < 1.29 is 54.4 Å². The SMILES string of the molecule is CCC[C@H](O)[C@]1(CC)C[C@@H](C)[C@](O)([C@]2(C)C[C@@H](C)[C@H]([C@H](CC)C(=O)[C@H](C)[C@H](O)[C@H](C)[C@H]3O[C@](O)([C@@H](C)C(=O)O)[C@H](C)[C@@H](O)[C@@H]3CC)O2)O1. The third-order valence-corrected chi connectivity index (χ3v) is 12.9. The predicted octanol–water partition coefficient (Wildman–Crippen LogP) is 4.28. The smallest absolute Gasteiger partial charge is 0.311 e. The number of carboxylic acids is 1. The Hall–Kier alpha value is -1.18. The summed E-state index contributed by atoms with van der Waals surface area (Å²) in [5, 5.41) is 67.2. The summed E-state index contributed by atoms with van der Waals surface area (Å²) in [6.45, 7) is 19.7. The van der Waals surface area contributed by atoms with Gasteiger partial charge in [0.1, 0.15) is 17.3 Å². The van der Waals surface area contributed by atoms with Crippen LogP contribution < -0.4 is 0 Å². The zero-order valence-corrected chi connectivity index (χ0v) is 31.2. The highest BCUT2D eigenvalue weighted by Gasteiger charge is 2.67. The monoisotopic (exact) mass is 686 g/mol. The Kier molecular flexibility index (Phi) is 13.1. The second-order valence-corrected chi connectivity index (χ2v) is 15.9. The molecule has 17 atom stereocenters. The molecule has 3 fully saturated rings. The van der Waals surface area contributed by atoms with Gasteiger partial charge in [-0.2, -0.15) is 0 Å². The van der Waals surface area contributed by atoms with E-state index in [2.05, 4.69) is 0 Å². The Balaban J connectivity index is 1.84. The highest BCUT2D eigenvalue weighted by molar-refractivity contribution is 5.84. The van der Waals surface area contributed by atoms with Crippen LogP contribution in [0.5, 0.6) is 0 Å². The van der Waals surface area contributed by atoms with Crippen LogP contribution in [-0.2, 0) is 23.8 Å². The van der Waals surface area contributed by atoms with Gasteiger partial charge in [0.05, 0.1) is 36.1 Å². The van der Waals surface area contributed by atoms with Crippen molar-refractivity contribution in [3.05, 3.63) is 0 Å². The first-order valence-electron chi connectivity index (χ1n) is 18.5. The predicted molar refractivity (Wildman–Crippen MR) is 180 cm³/mol. The van der Waals surface area contributed by atoms with Gasteiger partial charge in [-0.25, -0.2) is 0 Å². The maximum Gasteiger partial charge on any atom is 0.311 e. The molecular formula is C37H66O11. The summed E-state index contributed by atoms with van der Waals surface area (Å²) < 4.78 is 19.3. The highest BCUT2D eigenvalue weighted by atomic mass is 16.7. The van der Waals surface area contributed by atoms with Crippen LogP contribution in [0.4, 0.5) is 0 Å². The molecule has 0 unspecified atom stereocenters. The van der Waals surface area contributed by atoms with Gasteiger partial charge in [-0.15, -0.1) is 0 Å². The third-order valence-electron chi connectivity index (χ3n) is 12.9. The van der Waals surface area contributed by atoms with E-state index in [9.17, 15) is 40.2 Å². The zero-order chi connectivity index (χ0) is 36.7. The molecule has 3 saturated heterocycles. The van der Waals surface area contributed by atoms with Gasteiger partial charge < -0.3 is 44.8 Å². The van der Waals surface area contributed by atoms with Gasteiger partial charge in [0, 0.05) is 35.5 Å². The lowest BCUT2D eigenvalue weighted by molar-refractivity contribution is -0.346. The molecule has 3 aliphatic rings. The highest BCUT2D eigenvalue weighted by Crippen LogP contribution is 2.56. The molecule has 0 amide bonds. The number of carbonyl (C=O) groups is 2. The molecule has 0 aromatic heterocycles. The van der Waals surface area contributed by atoms with Crippen LogP contribution in [0.1, 0.15) is 121 Å². The molecule has 280 valence electrons. The number of carboxylic acid groups (broad SMARTS) is 1. The lowest BCUT2D eigenvalue weighted by atomic mass is 9.70. The number of ether oxygens (including phenoxy) is 3. The first-order valence-corrected chi connectivity index (χ1v) is 18.5. The molecule has 0 bridgehead atoms. The largest absolute Gasteiger partial charge is 0.481 e. The minimum atomic E-state index is -2.17. The van der Waals surface area contributed by atoms with E-state index in [1.54, 1.807) is 20.8 Å². The number of hydrogen-bond donors (Lipinski definition) is 6. The third kappa shape index (κ3) is 6.88. The van der Waals surface area contributed by atoms with E-state index in [0.29, 0.717) is 38.5 Å². The van der Waals surface area contributed by atoms with Crippen LogP contribution >= 0.6 is 0 Å². The molecule has 3 aliphatic heterocycles. The van der Waals surface area contributed by atoms with Gasteiger partial charge >= 0.3 is 5.97 Å². The van der Waals surface area contributed by atoms with E-state index >= 15 is 0 Å². The standard InChI is InChI=1S/C37H66O11/c1-12-16-27(38)35(15-4)18-20(6)37(45,48-35)34(11)17-19(5)31(46-34)25(13-2)29(40)21(7)28(39)22(8)32-26(14-3)30(41)23(9)36(44,47-32)24(10)33(42)43/h19-28,30-32,38-39,41,44-45H,12-18H2,1-11H3,(H,42,43)/t19-,20-,21-,22+,23-,24+,25-,26+,27+,28+,30-,31-,32-,34+,35+,36+,37-/m1/s1. The van der Waals surface area contributed by atoms with E-state index in [1.165, 1.54) is 6.92 Å². The Morgan fingerprint density at radius 2 is 1.54 bits per heavy atom. The molecule has 0 spiro atoms. The number of aliphatic hydroxyl groups excluding tert-OH is 3. The number of carbonyl (C=O) groups excluding carboxylic acids is 1. The van der Waals surface area contributed by atoms with Gasteiger partial charge in [0.15, 0.2) is 11.6 Å². The lowest BCUT2D eigenvalue weighted by Crippen LogP contribution is -2.64. The fourth-order valence-electron chi connectivity index (χ4n) is 9.45. The van der Waals surface area contributed by atoms with Crippen molar-refractivity contribution >= 4 is 11.8 Å². The Labute approximate surface area is 287 Å². The molecule has 3 heterocycles. The summed E-state index contributed by atoms with van der Waals surface area (Å²) in [4.78, 5) is 26.1. The van der Waals surface area contributed by atoms with Crippen LogP contribution in [0.2, 0.25) is 0 Å². The molecule has 0 saturated carbocycles. The summed E-state index contributed by atoms with van der Waals surface area (Å²) in [6, 6.07) is 0. The van der Waals surface area contributed by atoms with Gasteiger partial charge in [0.25, 0.3) is 0 Å². The second kappa shape index (κ2) is 15.2. The van der Waals surface area contributed by atoms with Crippen molar-refractivity contribution in [2.45, 2.75) is 174 Å². The molecule has 48 heavy (non-hydrogen) atoms. The first kappa shape index (κ1) is 41.2. The number of aliphatic carboxylic acids is 1. The summed E-state index contributed by atoms with van der Waals surface area (Å²) in [5.74, 6) is -10.8. The van der Waals surface area contributed by atoms with E-state index in [1.807, 2.05) is 48.5 Å². The van der Waals surface area contributed by atoms with Crippen LogP contribution in [0.3, 0.4) is 0 Å². The van der Waals surface area contributed by atoms with Gasteiger partial charge in [0.2, 0.25) is 0 Å². The number of ketones is 1. The van der Waals surface area contributed by atoms with Crippen LogP contribution in [0.15, 0.2) is 0 Å². The van der Waals surface area contributed by atoms with Crippen molar-refractivity contribution in [2.75, 3.05) is 0 Å². The molecule has 0 radical (unpaired) electrons. The van der Waals surface area contributed by atoms with Gasteiger partial charge in [-0.05, 0) is 58.3 Å². The topological polar surface area (TPSA) is 183 Å². The fourth-order valence-corrected chi connectivity index (χ4v) is 9.45. The van der Waals surface area contributed by atoms with Crippen LogP contribution in [0.25, 0.3) is 0 Å². The minimum absolute atomic E-state index is 0.127. The number of hydrogen-bond acceptors (Lipinski definition) is 10. The molecule has 6 N–H and O–H groups in total. The first-order chi connectivity index (χ1) is 22.2. The molecule has 0 aromatic rings. The maximum absolute atomic E-state index is 14.2. The average Bonchev–Trinajstić information content (AvgIpc) is 3.51. The quantitative estimate of drug-likeness (QED) is 0.145. The Bertz CT molecular complexity index is 1120.